The molecule has 0 fully saturated rings. The highest BCUT2D eigenvalue weighted by atomic mass is 19.1. The Morgan fingerprint density at radius 3 is 2.65 bits per heavy atom. The number of nitrogens with two attached hydrogens (primary N) is 1. The van der Waals surface area contributed by atoms with Crippen molar-refractivity contribution in [2.45, 2.75) is 18.9 Å². The molecule has 0 amide bonds. The lowest BCUT2D eigenvalue weighted by Crippen LogP contribution is -2.11. The van der Waals surface area contributed by atoms with Gasteiger partial charge >= 0.3 is 0 Å². The van der Waals surface area contributed by atoms with Gasteiger partial charge in [0.15, 0.2) is 0 Å². The van der Waals surface area contributed by atoms with Crippen molar-refractivity contribution in [2.75, 3.05) is 0 Å². The summed E-state index contributed by atoms with van der Waals surface area (Å²) in [5.41, 5.74) is 8.00. The van der Waals surface area contributed by atoms with E-state index in [1.165, 1.54) is 17.7 Å². The maximum Gasteiger partial charge on any atom is 0.123 e. The summed E-state index contributed by atoms with van der Waals surface area (Å²) >= 11 is 0. The topological polar surface area (TPSA) is 26.0 Å². The molecule has 0 aromatic heterocycles. The summed E-state index contributed by atoms with van der Waals surface area (Å²) in [5.74, 6) is -0.256. The molecule has 0 aliphatic carbocycles. The van der Waals surface area contributed by atoms with Gasteiger partial charge in [-0.2, -0.15) is 0 Å². The average molecular weight is 228 g/mol. The molecule has 0 aliphatic rings. The summed E-state index contributed by atoms with van der Waals surface area (Å²) in [7, 11) is 0. The van der Waals surface area contributed by atoms with Crippen LogP contribution in [0, 0.1) is 11.9 Å². The van der Waals surface area contributed by atoms with E-state index in [4.69, 9.17) is 5.73 Å². The van der Waals surface area contributed by atoms with Crippen molar-refractivity contribution in [3.05, 3.63) is 71.5 Å². The maximum absolute atomic E-state index is 13.0. The number of aryl methyl sites for hydroxylation is 1. The van der Waals surface area contributed by atoms with Gasteiger partial charge in [0.1, 0.15) is 5.82 Å². The number of halogens is 1. The summed E-state index contributed by atoms with van der Waals surface area (Å²) in [4.78, 5) is 0. The van der Waals surface area contributed by atoms with E-state index in [1.54, 1.807) is 6.07 Å². The SMILES string of the molecule is N[C@@H](CCc1ccccc1)c1[c]ccc(F)c1. The Balaban J connectivity index is 1.96. The molecule has 0 aliphatic heterocycles. The highest BCUT2D eigenvalue weighted by Crippen LogP contribution is 2.17. The quantitative estimate of drug-likeness (QED) is 0.854. The van der Waals surface area contributed by atoms with Gasteiger partial charge in [0, 0.05) is 6.04 Å². The average Bonchev–Trinajstić information content (AvgIpc) is 2.37. The van der Waals surface area contributed by atoms with E-state index >= 15 is 0 Å². The van der Waals surface area contributed by atoms with Gasteiger partial charge in [-0.3, -0.25) is 0 Å². The van der Waals surface area contributed by atoms with Crippen molar-refractivity contribution >= 4 is 0 Å². The molecule has 0 heterocycles. The minimum atomic E-state index is -0.256. The molecule has 0 spiro atoms. The molecule has 2 heteroatoms. The molecule has 2 aromatic rings. The Labute approximate surface area is 101 Å². The lowest BCUT2D eigenvalue weighted by atomic mass is 10.00. The van der Waals surface area contributed by atoms with E-state index in [9.17, 15) is 4.39 Å². The predicted octanol–water partition coefficient (Wildman–Crippen LogP) is 3.26. The van der Waals surface area contributed by atoms with Crippen LogP contribution in [0.1, 0.15) is 23.6 Å². The summed E-state index contributed by atoms with van der Waals surface area (Å²) < 4.78 is 13.0. The van der Waals surface area contributed by atoms with E-state index < -0.39 is 0 Å². The van der Waals surface area contributed by atoms with Gasteiger partial charge in [0.05, 0.1) is 0 Å². The van der Waals surface area contributed by atoms with Gasteiger partial charge in [-0.15, -0.1) is 0 Å². The number of hydrogen-bond donors (Lipinski definition) is 1. The molecule has 0 saturated heterocycles. The Kier molecular flexibility index (Phi) is 3.89. The molecular formula is C15H15FN. The highest BCUT2D eigenvalue weighted by Gasteiger charge is 2.07. The van der Waals surface area contributed by atoms with Crippen molar-refractivity contribution < 1.29 is 4.39 Å². The monoisotopic (exact) mass is 228 g/mol. The van der Waals surface area contributed by atoms with Crippen LogP contribution in [0.15, 0.2) is 48.5 Å². The van der Waals surface area contributed by atoms with Crippen molar-refractivity contribution in [3.63, 3.8) is 0 Å². The number of rotatable bonds is 4. The molecule has 2 rings (SSSR count). The summed E-state index contributed by atoms with van der Waals surface area (Å²) in [6.07, 6.45) is 1.69. The smallest absolute Gasteiger partial charge is 0.123 e. The van der Waals surface area contributed by atoms with E-state index in [0.29, 0.717) is 0 Å². The van der Waals surface area contributed by atoms with Crippen LogP contribution in [-0.2, 0) is 6.42 Å². The molecule has 1 nitrogen and oxygen atoms in total. The zero-order valence-corrected chi connectivity index (χ0v) is 9.57. The number of hydrogen-bond acceptors (Lipinski definition) is 1. The lowest BCUT2D eigenvalue weighted by Gasteiger charge is -2.11. The second kappa shape index (κ2) is 5.60. The second-order valence-electron chi connectivity index (χ2n) is 4.09. The van der Waals surface area contributed by atoms with E-state index in [-0.39, 0.29) is 11.9 Å². The fourth-order valence-corrected chi connectivity index (χ4v) is 1.79. The van der Waals surface area contributed by atoms with Crippen molar-refractivity contribution in [1.82, 2.24) is 0 Å². The Morgan fingerprint density at radius 1 is 1.18 bits per heavy atom. The number of benzene rings is 2. The summed E-state index contributed by atoms with van der Waals surface area (Å²) in [5, 5.41) is 0. The summed E-state index contributed by atoms with van der Waals surface area (Å²) in [6, 6.07) is 17.4. The van der Waals surface area contributed by atoms with Crippen molar-refractivity contribution in [2.24, 2.45) is 5.73 Å². The first-order valence-electron chi connectivity index (χ1n) is 5.72. The second-order valence-corrected chi connectivity index (χ2v) is 4.09. The Hall–Kier alpha value is -1.67. The molecule has 17 heavy (non-hydrogen) atoms. The third-order valence-electron chi connectivity index (χ3n) is 2.77. The molecule has 1 atom stereocenters. The van der Waals surface area contributed by atoms with Crippen LogP contribution >= 0.6 is 0 Å². The largest absolute Gasteiger partial charge is 0.324 e. The van der Waals surface area contributed by atoms with Crippen molar-refractivity contribution in [3.8, 4) is 0 Å². The Morgan fingerprint density at radius 2 is 1.94 bits per heavy atom. The minimum Gasteiger partial charge on any atom is -0.324 e. The van der Waals surface area contributed by atoms with Gasteiger partial charge in [-0.25, -0.2) is 4.39 Å². The zero-order valence-electron chi connectivity index (χ0n) is 9.57. The first-order valence-corrected chi connectivity index (χ1v) is 5.72. The minimum absolute atomic E-state index is 0.161. The third-order valence-corrected chi connectivity index (χ3v) is 2.77. The van der Waals surface area contributed by atoms with Crippen molar-refractivity contribution in [1.29, 1.82) is 0 Å². The van der Waals surface area contributed by atoms with Gasteiger partial charge in [0.2, 0.25) is 0 Å². The lowest BCUT2D eigenvalue weighted by molar-refractivity contribution is 0.608. The highest BCUT2D eigenvalue weighted by molar-refractivity contribution is 5.20. The van der Waals surface area contributed by atoms with Crippen LogP contribution in [0.2, 0.25) is 0 Å². The van der Waals surface area contributed by atoms with Gasteiger partial charge in [-0.1, -0.05) is 36.4 Å². The molecule has 2 N–H and O–H groups in total. The third kappa shape index (κ3) is 3.40. The van der Waals surface area contributed by atoms with E-state index in [1.807, 2.05) is 18.2 Å². The normalized spacial score (nSPS) is 12.4. The molecule has 1 radical (unpaired) electrons. The van der Waals surface area contributed by atoms with Crippen LogP contribution in [0.5, 0.6) is 0 Å². The first kappa shape index (κ1) is 11.8. The maximum atomic E-state index is 13.0. The van der Waals surface area contributed by atoms with Crippen LogP contribution in [-0.4, -0.2) is 0 Å². The molecule has 0 unspecified atom stereocenters. The van der Waals surface area contributed by atoms with Crippen LogP contribution in [0.25, 0.3) is 0 Å². The summed E-state index contributed by atoms with van der Waals surface area (Å²) in [6.45, 7) is 0. The van der Waals surface area contributed by atoms with Gasteiger partial charge in [-0.05, 0) is 42.2 Å². The zero-order chi connectivity index (χ0) is 12.1. The molecule has 0 bridgehead atoms. The standard InChI is InChI=1S/C15H15FN/c16-14-8-4-7-13(11-14)15(17)10-9-12-5-2-1-3-6-12/h1-6,8,11,15H,9-10,17H2/t15-/m0/s1. The fourth-order valence-electron chi connectivity index (χ4n) is 1.79. The van der Waals surface area contributed by atoms with Crippen LogP contribution < -0.4 is 5.73 Å². The molecule has 0 saturated carbocycles. The van der Waals surface area contributed by atoms with E-state index in [2.05, 4.69) is 18.2 Å². The van der Waals surface area contributed by atoms with Crippen LogP contribution in [0.4, 0.5) is 4.39 Å². The molecular weight excluding hydrogens is 213 g/mol. The molecule has 87 valence electrons. The first-order chi connectivity index (χ1) is 8.25. The van der Waals surface area contributed by atoms with Gasteiger partial charge < -0.3 is 5.73 Å². The molecule has 2 aromatic carbocycles. The predicted molar refractivity (Wildman–Crippen MR) is 66.9 cm³/mol. The van der Waals surface area contributed by atoms with Gasteiger partial charge in [0.25, 0.3) is 0 Å². The van der Waals surface area contributed by atoms with Crippen LogP contribution in [0.3, 0.4) is 0 Å². The van der Waals surface area contributed by atoms with E-state index in [0.717, 1.165) is 18.4 Å². The Bertz CT molecular complexity index is 467. The fraction of sp³-hybridized carbons (Fsp3) is 0.200.